The van der Waals surface area contributed by atoms with Crippen LogP contribution in [0.3, 0.4) is 0 Å². The van der Waals surface area contributed by atoms with Crippen molar-refractivity contribution < 1.29 is 14.3 Å². The minimum atomic E-state index is -0.235. The van der Waals surface area contributed by atoms with Gasteiger partial charge in [-0.3, -0.25) is 15.1 Å². The Kier molecular flexibility index (Phi) is 4.95. The Morgan fingerprint density at radius 1 is 1.16 bits per heavy atom. The first kappa shape index (κ1) is 16.9. The van der Waals surface area contributed by atoms with E-state index in [-0.39, 0.29) is 5.91 Å². The van der Waals surface area contributed by atoms with Gasteiger partial charge in [0, 0.05) is 22.8 Å². The normalized spacial score (nSPS) is 10.4. The zero-order valence-electron chi connectivity index (χ0n) is 14.1. The number of carbonyl (C=O) groups is 1. The average Bonchev–Trinajstić information content (AvgIpc) is 3.01. The Morgan fingerprint density at radius 2 is 1.96 bits per heavy atom. The third kappa shape index (κ3) is 3.61. The number of pyridine rings is 1. The number of methoxy groups -OCH3 is 2. The molecule has 3 rings (SSSR count). The highest BCUT2D eigenvalue weighted by Crippen LogP contribution is 2.36. The van der Waals surface area contributed by atoms with Gasteiger partial charge in [-0.05, 0) is 37.3 Å². The molecule has 0 radical (unpaired) electrons. The smallest absolute Gasteiger partial charge is 0.259 e. The summed E-state index contributed by atoms with van der Waals surface area (Å²) in [7, 11) is 3.19. The van der Waals surface area contributed by atoms with E-state index in [0.29, 0.717) is 22.2 Å². The van der Waals surface area contributed by atoms with Gasteiger partial charge in [-0.15, -0.1) is 11.3 Å². The summed E-state index contributed by atoms with van der Waals surface area (Å²) < 4.78 is 10.6. The summed E-state index contributed by atoms with van der Waals surface area (Å²) >= 11 is 1.42. The molecule has 0 unspecified atom stereocenters. The first-order valence-electron chi connectivity index (χ1n) is 7.53. The van der Waals surface area contributed by atoms with Gasteiger partial charge < -0.3 is 9.47 Å². The van der Waals surface area contributed by atoms with E-state index in [9.17, 15) is 4.79 Å². The van der Waals surface area contributed by atoms with Crippen molar-refractivity contribution >= 4 is 22.4 Å². The van der Waals surface area contributed by atoms with Crippen molar-refractivity contribution in [3.63, 3.8) is 0 Å². The van der Waals surface area contributed by atoms with Gasteiger partial charge in [-0.1, -0.05) is 0 Å². The van der Waals surface area contributed by atoms with Gasteiger partial charge in [0.05, 0.1) is 25.5 Å². The zero-order chi connectivity index (χ0) is 17.8. The van der Waals surface area contributed by atoms with Gasteiger partial charge in [0.1, 0.15) is 0 Å². The summed E-state index contributed by atoms with van der Waals surface area (Å²) in [5.41, 5.74) is 2.18. The lowest BCUT2D eigenvalue weighted by atomic mass is 10.1. The number of hydrogen-bond donors (Lipinski definition) is 1. The number of nitrogens with one attached hydrogen (secondary N) is 1. The maximum absolute atomic E-state index is 12.2. The van der Waals surface area contributed by atoms with E-state index in [1.165, 1.54) is 17.5 Å². The van der Waals surface area contributed by atoms with Crippen molar-refractivity contribution in [1.82, 2.24) is 9.97 Å². The second kappa shape index (κ2) is 7.31. The van der Waals surface area contributed by atoms with E-state index in [0.717, 1.165) is 16.1 Å². The lowest BCUT2D eigenvalue weighted by Crippen LogP contribution is -2.11. The SMILES string of the molecule is COc1ccc(-c2nc(NC(=O)c3cccnc3)sc2C)cc1OC. The Balaban J connectivity index is 1.87. The van der Waals surface area contributed by atoms with Crippen LogP contribution < -0.4 is 14.8 Å². The largest absolute Gasteiger partial charge is 0.493 e. The molecule has 0 fully saturated rings. The number of benzene rings is 1. The quantitative estimate of drug-likeness (QED) is 0.754. The molecular weight excluding hydrogens is 338 g/mol. The Labute approximate surface area is 149 Å². The molecule has 0 saturated heterocycles. The van der Waals surface area contributed by atoms with Crippen LogP contribution in [0.5, 0.6) is 11.5 Å². The molecule has 128 valence electrons. The summed E-state index contributed by atoms with van der Waals surface area (Å²) in [5, 5.41) is 3.35. The van der Waals surface area contributed by atoms with Crippen LogP contribution in [0.4, 0.5) is 5.13 Å². The highest BCUT2D eigenvalue weighted by atomic mass is 32.1. The number of anilines is 1. The predicted octanol–water partition coefficient (Wildman–Crippen LogP) is 3.78. The van der Waals surface area contributed by atoms with Gasteiger partial charge >= 0.3 is 0 Å². The molecule has 0 saturated carbocycles. The molecule has 7 heteroatoms. The maximum atomic E-state index is 12.2. The second-order valence-corrected chi connectivity index (χ2v) is 6.39. The number of thiazole rings is 1. The Hall–Kier alpha value is -2.93. The highest BCUT2D eigenvalue weighted by Gasteiger charge is 2.15. The van der Waals surface area contributed by atoms with E-state index < -0.39 is 0 Å². The molecule has 0 aliphatic carbocycles. The van der Waals surface area contributed by atoms with Crippen molar-refractivity contribution in [2.45, 2.75) is 6.92 Å². The molecule has 0 aliphatic rings. The molecule has 1 amide bonds. The summed E-state index contributed by atoms with van der Waals surface area (Å²) in [6.45, 7) is 1.96. The lowest BCUT2D eigenvalue weighted by Gasteiger charge is -2.08. The fourth-order valence-electron chi connectivity index (χ4n) is 2.37. The van der Waals surface area contributed by atoms with Gasteiger partial charge in [0.2, 0.25) is 0 Å². The molecule has 25 heavy (non-hydrogen) atoms. The van der Waals surface area contributed by atoms with Crippen LogP contribution in [0.2, 0.25) is 0 Å². The van der Waals surface area contributed by atoms with Crippen LogP contribution in [-0.4, -0.2) is 30.1 Å². The van der Waals surface area contributed by atoms with E-state index >= 15 is 0 Å². The van der Waals surface area contributed by atoms with Crippen molar-refractivity contribution in [2.75, 3.05) is 19.5 Å². The van der Waals surface area contributed by atoms with Gasteiger partial charge in [-0.25, -0.2) is 4.98 Å². The fourth-order valence-corrected chi connectivity index (χ4v) is 3.20. The molecule has 2 aromatic heterocycles. The molecular formula is C18H17N3O3S. The van der Waals surface area contributed by atoms with Crippen molar-refractivity contribution in [3.05, 3.63) is 53.2 Å². The van der Waals surface area contributed by atoms with Crippen molar-refractivity contribution in [1.29, 1.82) is 0 Å². The third-order valence-electron chi connectivity index (χ3n) is 3.60. The van der Waals surface area contributed by atoms with E-state index in [1.807, 2.05) is 25.1 Å². The van der Waals surface area contributed by atoms with Crippen LogP contribution in [0.1, 0.15) is 15.2 Å². The van der Waals surface area contributed by atoms with Crippen LogP contribution in [0.25, 0.3) is 11.3 Å². The number of hydrogen-bond acceptors (Lipinski definition) is 6. The summed E-state index contributed by atoms with van der Waals surface area (Å²) in [6, 6.07) is 9.04. The number of amides is 1. The number of ether oxygens (including phenoxy) is 2. The van der Waals surface area contributed by atoms with E-state index in [1.54, 1.807) is 32.5 Å². The first-order chi connectivity index (χ1) is 12.1. The first-order valence-corrected chi connectivity index (χ1v) is 8.35. The molecule has 2 heterocycles. The second-order valence-electron chi connectivity index (χ2n) is 5.19. The average molecular weight is 355 g/mol. The standard InChI is InChI=1S/C18H17N3O3S/c1-11-16(12-6-7-14(23-2)15(9-12)24-3)20-18(25-11)21-17(22)13-5-4-8-19-10-13/h4-10H,1-3H3,(H,20,21,22). The molecule has 0 aliphatic heterocycles. The van der Waals surface area contributed by atoms with E-state index in [4.69, 9.17) is 9.47 Å². The molecule has 0 atom stereocenters. The highest BCUT2D eigenvalue weighted by molar-refractivity contribution is 7.16. The topological polar surface area (TPSA) is 73.3 Å². The summed E-state index contributed by atoms with van der Waals surface area (Å²) in [5.74, 6) is 1.05. The molecule has 1 N–H and O–H groups in total. The fraction of sp³-hybridized carbons (Fsp3) is 0.167. The minimum Gasteiger partial charge on any atom is -0.493 e. The Bertz CT molecular complexity index is 894. The maximum Gasteiger partial charge on any atom is 0.259 e. The Morgan fingerprint density at radius 3 is 2.64 bits per heavy atom. The number of carbonyl (C=O) groups excluding carboxylic acids is 1. The summed E-state index contributed by atoms with van der Waals surface area (Å²) in [4.78, 5) is 21.7. The van der Waals surface area contributed by atoms with Crippen molar-refractivity contribution in [2.24, 2.45) is 0 Å². The van der Waals surface area contributed by atoms with Crippen molar-refractivity contribution in [3.8, 4) is 22.8 Å². The monoisotopic (exact) mass is 355 g/mol. The molecule has 1 aromatic carbocycles. The third-order valence-corrected chi connectivity index (χ3v) is 4.48. The van der Waals surface area contributed by atoms with Gasteiger partial charge in [0.25, 0.3) is 5.91 Å². The zero-order valence-corrected chi connectivity index (χ0v) is 14.9. The number of aromatic nitrogens is 2. The number of aryl methyl sites for hydroxylation is 1. The molecule has 0 spiro atoms. The van der Waals surface area contributed by atoms with E-state index in [2.05, 4.69) is 15.3 Å². The number of nitrogens with zero attached hydrogens (tertiary/aromatic N) is 2. The van der Waals surface area contributed by atoms with Crippen LogP contribution in [0.15, 0.2) is 42.7 Å². The van der Waals surface area contributed by atoms with Gasteiger partial charge in [-0.2, -0.15) is 0 Å². The minimum absolute atomic E-state index is 0.235. The van der Waals surface area contributed by atoms with Gasteiger partial charge in [0.15, 0.2) is 16.6 Å². The molecule has 0 bridgehead atoms. The van der Waals surface area contributed by atoms with Crippen LogP contribution in [0, 0.1) is 6.92 Å². The molecule has 6 nitrogen and oxygen atoms in total. The lowest BCUT2D eigenvalue weighted by molar-refractivity contribution is 0.102. The number of rotatable bonds is 5. The van der Waals surface area contributed by atoms with Crippen LogP contribution >= 0.6 is 11.3 Å². The summed E-state index contributed by atoms with van der Waals surface area (Å²) in [6.07, 6.45) is 3.14. The predicted molar refractivity (Wildman–Crippen MR) is 97.6 cm³/mol. The van der Waals surface area contributed by atoms with Crippen LogP contribution in [-0.2, 0) is 0 Å². The molecule has 3 aromatic rings.